The molecule has 7 heteroatoms. The van der Waals surface area contributed by atoms with Crippen molar-refractivity contribution in [1.82, 2.24) is 14.9 Å². The average molecular weight is 416 g/mol. The van der Waals surface area contributed by atoms with Crippen LogP contribution < -0.4 is 0 Å². The quantitative estimate of drug-likeness (QED) is 0.680. The predicted octanol–water partition coefficient (Wildman–Crippen LogP) is 4.80. The highest BCUT2D eigenvalue weighted by atomic mass is 35.5. The van der Waals surface area contributed by atoms with E-state index < -0.39 is 67.4 Å². The Bertz CT molecular complexity index is 1150. The Balaban J connectivity index is 1.83. The highest BCUT2D eigenvalue weighted by Gasteiger charge is 2.35. The second-order valence-corrected chi connectivity index (χ2v) is 6.55. The number of piperidine rings is 1. The molecule has 3 rings (SSSR count). The number of hydrogen-bond acceptors (Lipinski definition) is 3. The van der Waals surface area contributed by atoms with Gasteiger partial charge in [-0.15, -0.1) is 0 Å². The molecule has 1 aliphatic rings. The van der Waals surface area contributed by atoms with Gasteiger partial charge in [0.05, 0.1) is 5.02 Å². The number of likely N-dealkylation sites (tertiary alicyclic amines) is 1. The minimum atomic E-state index is -3.33. The van der Waals surface area contributed by atoms with Gasteiger partial charge in [-0.2, -0.15) is 0 Å². The number of nitrogens with zero attached hydrogens (tertiary/aromatic N) is 3. The van der Waals surface area contributed by atoms with Gasteiger partial charge < -0.3 is 4.90 Å². The van der Waals surface area contributed by atoms with Gasteiger partial charge in [0.25, 0.3) is 5.91 Å². The first-order valence-corrected chi connectivity index (χ1v) is 8.96. The number of rotatable bonds is 6. The Kier molecular flexibility index (Phi) is 3.99. The molecule has 0 radical (unpaired) electrons. The zero-order chi connectivity index (χ0) is 27.3. The third-order valence-electron chi connectivity index (χ3n) is 4.19. The number of aryl methyl sites for hydroxylation is 2. The van der Waals surface area contributed by atoms with E-state index in [9.17, 15) is 9.18 Å². The van der Waals surface area contributed by atoms with Gasteiger partial charge in [-0.05, 0) is 55.7 Å². The Morgan fingerprint density at radius 2 is 2.18 bits per heavy atom. The van der Waals surface area contributed by atoms with Gasteiger partial charge in [-0.3, -0.25) is 4.79 Å². The molecule has 1 fully saturated rings. The lowest BCUT2D eigenvalue weighted by Crippen LogP contribution is -2.44. The number of benzene rings is 1. The second-order valence-electron chi connectivity index (χ2n) is 6.15. The van der Waals surface area contributed by atoms with Crippen LogP contribution in [-0.4, -0.2) is 39.5 Å². The molecule has 4 nitrogen and oxygen atoms in total. The summed E-state index contributed by atoms with van der Waals surface area (Å²) in [5.74, 6) is -1.77. The van der Waals surface area contributed by atoms with E-state index in [-0.39, 0.29) is 23.4 Å². The van der Waals surface area contributed by atoms with Crippen LogP contribution in [0.2, 0.25) is 5.02 Å². The summed E-state index contributed by atoms with van der Waals surface area (Å²) in [7, 11) is 0. The van der Waals surface area contributed by atoms with Crippen molar-refractivity contribution >= 4 is 17.5 Å². The number of hydrogen-bond donors (Lipinski definition) is 0. The third kappa shape index (κ3) is 5.04. The van der Waals surface area contributed by atoms with E-state index >= 15 is 4.39 Å². The fourth-order valence-corrected chi connectivity index (χ4v) is 2.75. The Labute approximate surface area is 180 Å². The molecule has 0 saturated carbocycles. The second kappa shape index (κ2) is 8.95. The summed E-state index contributed by atoms with van der Waals surface area (Å²) in [5.41, 5.74) is -3.37. The van der Waals surface area contributed by atoms with Crippen molar-refractivity contribution in [1.29, 1.82) is 0 Å². The summed E-state index contributed by atoms with van der Waals surface area (Å²) in [4.78, 5) is 21.3. The average Bonchev–Trinajstić information content (AvgIpc) is 2.76. The fraction of sp³-hybridized carbons (Fsp3) is 0.476. The van der Waals surface area contributed by atoms with Gasteiger partial charge >= 0.3 is 0 Å². The van der Waals surface area contributed by atoms with Crippen LogP contribution in [0.5, 0.6) is 0 Å². The van der Waals surface area contributed by atoms with Crippen molar-refractivity contribution in [3.63, 3.8) is 0 Å². The van der Waals surface area contributed by atoms with Crippen LogP contribution in [0.3, 0.4) is 0 Å². The first-order valence-electron chi connectivity index (χ1n) is 12.6. The van der Waals surface area contributed by atoms with Crippen molar-refractivity contribution in [2.45, 2.75) is 51.0 Å². The van der Waals surface area contributed by atoms with Crippen LogP contribution in [0.4, 0.5) is 8.78 Å². The van der Waals surface area contributed by atoms with Gasteiger partial charge in [0, 0.05) is 48.4 Å². The molecular weight excluding hydrogens is 384 g/mol. The van der Waals surface area contributed by atoms with E-state index in [4.69, 9.17) is 22.6 Å². The molecule has 2 heterocycles. The monoisotopic (exact) mass is 415 g/mol. The number of carbonyl (C=O) groups is 1. The molecule has 1 unspecified atom stereocenters. The molecule has 150 valence electrons. The van der Waals surface area contributed by atoms with Crippen molar-refractivity contribution in [2.75, 3.05) is 13.0 Å². The first-order chi connectivity index (χ1) is 16.3. The SMILES string of the molecule is [2H]C([2H])(C)c1cnc(CCC([2H])([2H])C2(F)CC([2H])([2H])N(C(=O)c3ccc(F)c(Cl)c3)CC2([2H])[2H])nc1. The minimum Gasteiger partial charge on any atom is -0.338 e. The number of halogens is 3. The molecule has 1 aliphatic heterocycles. The van der Waals surface area contributed by atoms with Gasteiger partial charge in [0.1, 0.15) is 17.3 Å². The molecule has 1 aromatic heterocycles. The Morgan fingerprint density at radius 1 is 1.43 bits per heavy atom. The molecule has 0 bridgehead atoms. The normalized spacial score (nSPS) is 28.5. The number of alkyl halides is 1. The lowest BCUT2D eigenvalue weighted by atomic mass is 9.88. The van der Waals surface area contributed by atoms with Crippen LogP contribution >= 0.6 is 11.6 Å². The summed E-state index contributed by atoms with van der Waals surface area (Å²) in [6.45, 7) is -2.56. The summed E-state index contributed by atoms with van der Waals surface area (Å²) in [6.07, 6.45) is -7.23. The minimum absolute atomic E-state index is 0.0832. The largest absolute Gasteiger partial charge is 0.338 e. The molecular formula is C21H24ClF2N3O. The Morgan fingerprint density at radius 3 is 2.86 bits per heavy atom. The van der Waals surface area contributed by atoms with E-state index in [1.807, 2.05) is 0 Å². The maximum Gasteiger partial charge on any atom is 0.253 e. The van der Waals surface area contributed by atoms with E-state index in [1.54, 1.807) is 0 Å². The van der Waals surface area contributed by atoms with Crippen molar-refractivity contribution in [3.05, 3.63) is 58.4 Å². The number of carbonyl (C=O) groups excluding carboxylic acids is 1. The molecule has 1 atom stereocenters. The number of amides is 1. The topological polar surface area (TPSA) is 46.1 Å². The van der Waals surface area contributed by atoms with Gasteiger partial charge in [0.15, 0.2) is 0 Å². The zero-order valence-corrected chi connectivity index (χ0v) is 15.9. The van der Waals surface area contributed by atoms with E-state index in [0.717, 1.165) is 18.2 Å². The van der Waals surface area contributed by atoms with E-state index in [0.29, 0.717) is 4.90 Å². The molecule has 0 N–H and O–H groups in total. The van der Waals surface area contributed by atoms with Crippen LogP contribution in [0.1, 0.15) is 65.2 Å². The molecule has 1 aromatic carbocycles. The summed E-state index contributed by atoms with van der Waals surface area (Å²) >= 11 is 5.69. The fourth-order valence-electron chi connectivity index (χ4n) is 2.57. The van der Waals surface area contributed by atoms with E-state index in [2.05, 4.69) is 9.97 Å². The summed E-state index contributed by atoms with van der Waals surface area (Å²) < 4.78 is 94.8. The lowest BCUT2D eigenvalue weighted by molar-refractivity contribution is 0.0389. The number of aromatic nitrogens is 2. The van der Waals surface area contributed by atoms with Gasteiger partial charge in [-0.25, -0.2) is 18.7 Å². The smallest absolute Gasteiger partial charge is 0.253 e. The lowest BCUT2D eigenvalue weighted by Gasteiger charge is -2.36. The van der Waals surface area contributed by atoms with Gasteiger partial charge in [0.2, 0.25) is 0 Å². The molecule has 2 aromatic rings. The summed E-state index contributed by atoms with van der Waals surface area (Å²) in [5, 5.41) is -0.400. The molecule has 1 saturated heterocycles. The maximum absolute atomic E-state index is 16.2. The Hall–Kier alpha value is -2.08. The molecule has 0 aliphatic carbocycles. The van der Waals surface area contributed by atoms with Crippen molar-refractivity contribution in [3.8, 4) is 0 Å². The molecule has 0 spiro atoms. The van der Waals surface area contributed by atoms with Crippen molar-refractivity contribution in [2.24, 2.45) is 0 Å². The van der Waals surface area contributed by atoms with E-state index in [1.165, 1.54) is 19.3 Å². The van der Waals surface area contributed by atoms with Crippen LogP contribution in [-0.2, 0) is 12.8 Å². The third-order valence-corrected chi connectivity index (χ3v) is 4.48. The standard InChI is InChI=1S/C21H24ClF2N3O/c1-2-15-13-25-19(26-14-15)4-3-7-21(24)8-10-27(11-9-21)20(28)16-5-6-18(23)17(22)12-16/h5-6,12-14H,2-4,7-11H2,1H3/i2D2,7D2,8D2,11D2. The van der Waals surface area contributed by atoms with Crippen LogP contribution in [0.15, 0.2) is 30.6 Å². The van der Waals surface area contributed by atoms with Crippen LogP contribution in [0, 0.1) is 5.82 Å². The molecule has 28 heavy (non-hydrogen) atoms. The van der Waals surface area contributed by atoms with Gasteiger partial charge in [-0.1, -0.05) is 18.5 Å². The van der Waals surface area contributed by atoms with Crippen molar-refractivity contribution < 1.29 is 24.5 Å². The first kappa shape index (κ1) is 12.5. The maximum atomic E-state index is 16.2. The highest BCUT2D eigenvalue weighted by Crippen LogP contribution is 2.32. The summed E-state index contributed by atoms with van der Waals surface area (Å²) in [6, 6.07) is 2.89. The highest BCUT2D eigenvalue weighted by molar-refractivity contribution is 6.31. The van der Waals surface area contributed by atoms with Crippen LogP contribution in [0.25, 0.3) is 0 Å². The molecule has 1 amide bonds. The zero-order valence-electron chi connectivity index (χ0n) is 23.1. The predicted molar refractivity (Wildman–Crippen MR) is 105 cm³/mol.